The number of carboxylic acids is 1. The Morgan fingerprint density at radius 2 is 1.96 bits per heavy atom. The molecule has 1 N–H and O–H groups in total. The molecule has 24 heavy (non-hydrogen) atoms. The second-order valence-electron chi connectivity index (χ2n) is 5.17. The smallest absolute Gasteiger partial charge is 0.323 e. The highest BCUT2D eigenvalue weighted by molar-refractivity contribution is 5.79. The second-order valence-corrected chi connectivity index (χ2v) is 5.17. The van der Waals surface area contributed by atoms with E-state index in [0.29, 0.717) is 16.7 Å². The molecule has 0 amide bonds. The Morgan fingerprint density at radius 1 is 1.21 bits per heavy atom. The molecule has 0 spiro atoms. The number of aromatic nitrogens is 2. The van der Waals surface area contributed by atoms with Crippen LogP contribution in [-0.2, 0) is 17.9 Å². The van der Waals surface area contributed by atoms with Crippen LogP contribution in [0.5, 0.6) is 5.75 Å². The van der Waals surface area contributed by atoms with Gasteiger partial charge in [-0.05, 0) is 29.8 Å². The molecule has 2 aromatic carbocycles. The Kier molecular flexibility index (Phi) is 4.24. The monoisotopic (exact) mass is 328 g/mol. The molecule has 7 heteroatoms. The molecule has 1 aromatic heterocycles. The molecule has 0 aliphatic heterocycles. The summed E-state index contributed by atoms with van der Waals surface area (Å²) in [7, 11) is 0. The quantitative estimate of drug-likeness (QED) is 0.776. The average Bonchev–Trinajstić information content (AvgIpc) is 2.56. The van der Waals surface area contributed by atoms with Gasteiger partial charge in [-0.1, -0.05) is 12.1 Å². The molecule has 0 bridgehead atoms. The van der Waals surface area contributed by atoms with Crippen LogP contribution in [0.2, 0.25) is 0 Å². The maximum Gasteiger partial charge on any atom is 0.323 e. The Balaban J connectivity index is 1.82. The fourth-order valence-electron chi connectivity index (χ4n) is 2.23. The average molecular weight is 328 g/mol. The molecule has 0 aliphatic rings. The third-order valence-electron chi connectivity index (χ3n) is 3.42. The Labute approximate surface area is 135 Å². The summed E-state index contributed by atoms with van der Waals surface area (Å²) in [4.78, 5) is 27.0. The first-order chi connectivity index (χ1) is 11.5. The number of hydrogen-bond donors (Lipinski definition) is 1. The van der Waals surface area contributed by atoms with Gasteiger partial charge in [0.05, 0.1) is 17.2 Å². The van der Waals surface area contributed by atoms with E-state index in [0.717, 1.165) is 10.1 Å². The minimum atomic E-state index is -1.11. The zero-order chi connectivity index (χ0) is 17.1. The van der Waals surface area contributed by atoms with E-state index in [-0.39, 0.29) is 12.4 Å². The molecule has 6 nitrogen and oxygen atoms in total. The number of hydrogen-bond acceptors (Lipinski definition) is 4. The molecule has 0 aliphatic carbocycles. The number of aliphatic carboxylic acids is 1. The van der Waals surface area contributed by atoms with Crippen LogP contribution < -0.4 is 10.3 Å². The number of halogens is 1. The van der Waals surface area contributed by atoms with Crippen LogP contribution >= 0.6 is 0 Å². The minimum absolute atomic E-state index is 0.252. The fraction of sp³-hybridized carbons (Fsp3) is 0.118. The van der Waals surface area contributed by atoms with Crippen LogP contribution in [0.3, 0.4) is 0 Å². The molecule has 0 radical (unpaired) electrons. The normalized spacial score (nSPS) is 10.7. The summed E-state index contributed by atoms with van der Waals surface area (Å²) in [6, 6.07) is 10.7. The summed E-state index contributed by atoms with van der Waals surface area (Å²) >= 11 is 0. The third kappa shape index (κ3) is 3.40. The summed E-state index contributed by atoms with van der Waals surface area (Å²) in [5, 5.41) is 9.08. The van der Waals surface area contributed by atoms with Crippen molar-refractivity contribution in [3.8, 4) is 5.75 Å². The first-order valence-electron chi connectivity index (χ1n) is 7.11. The Hall–Kier alpha value is -3.22. The van der Waals surface area contributed by atoms with Crippen molar-refractivity contribution in [3.63, 3.8) is 0 Å². The second kappa shape index (κ2) is 6.49. The van der Waals surface area contributed by atoms with E-state index in [9.17, 15) is 14.0 Å². The predicted molar refractivity (Wildman–Crippen MR) is 84.4 cm³/mol. The Bertz CT molecular complexity index is 951. The minimum Gasteiger partial charge on any atom is -0.489 e. The first kappa shape index (κ1) is 15.7. The summed E-state index contributed by atoms with van der Waals surface area (Å²) < 4.78 is 19.5. The SMILES string of the molecule is O=C(O)Cn1cnc2cc(OCc3ccc(F)cc3)ccc2c1=O. The van der Waals surface area contributed by atoms with Gasteiger partial charge in [0.2, 0.25) is 0 Å². The van der Waals surface area contributed by atoms with Crippen molar-refractivity contribution < 1.29 is 19.0 Å². The van der Waals surface area contributed by atoms with Gasteiger partial charge in [-0.2, -0.15) is 0 Å². The van der Waals surface area contributed by atoms with Crippen molar-refractivity contribution in [2.24, 2.45) is 0 Å². The lowest BCUT2D eigenvalue weighted by molar-refractivity contribution is -0.137. The number of carbonyl (C=O) groups is 1. The van der Waals surface area contributed by atoms with E-state index in [2.05, 4.69) is 4.98 Å². The summed E-state index contributed by atoms with van der Waals surface area (Å²) in [5.74, 6) is -0.918. The number of ether oxygens (including phenoxy) is 1. The zero-order valence-corrected chi connectivity index (χ0v) is 12.5. The molecule has 0 unspecified atom stereocenters. The summed E-state index contributed by atoms with van der Waals surface area (Å²) in [5.41, 5.74) is 0.798. The predicted octanol–water partition coefficient (Wildman–Crippen LogP) is 2.20. The molecule has 0 atom stereocenters. The molecule has 0 saturated carbocycles. The highest BCUT2D eigenvalue weighted by atomic mass is 19.1. The van der Waals surface area contributed by atoms with Crippen molar-refractivity contribution in [1.82, 2.24) is 9.55 Å². The van der Waals surface area contributed by atoms with Crippen molar-refractivity contribution in [2.45, 2.75) is 13.2 Å². The van der Waals surface area contributed by atoms with Crippen molar-refractivity contribution in [3.05, 3.63) is 70.5 Å². The largest absolute Gasteiger partial charge is 0.489 e. The number of nitrogens with zero attached hydrogens (tertiary/aromatic N) is 2. The van der Waals surface area contributed by atoms with Gasteiger partial charge in [0.25, 0.3) is 5.56 Å². The van der Waals surface area contributed by atoms with E-state index in [1.165, 1.54) is 18.5 Å². The van der Waals surface area contributed by atoms with Gasteiger partial charge in [-0.3, -0.25) is 14.2 Å². The lowest BCUT2D eigenvalue weighted by Gasteiger charge is -2.08. The van der Waals surface area contributed by atoms with Crippen LogP contribution in [0.1, 0.15) is 5.56 Å². The van der Waals surface area contributed by atoms with Crippen LogP contribution in [0, 0.1) is 5.82 Å². The number of benzene rings is 2. The maximum absolute atomic E-state index is 12.9. The Morgan fingerprint density at radius 3 is 2.67 bits per heavy atom. The maximum atomic E-state index is 12.9. The first-order valence-corrected chi connectivity index (χ1v) is 7.11. The van der Waals surface area contributed by atoms with E-state index in [4.69, 9.17) is 9.84 Å². The van der Waals surface area contributed by atoms with Crippen LogP contribution in [0.4, 0.5) is 4.39 Å². The number of carboxylic acid groups (broad SMARTS) is 1. The highest BCUT2D eigenvalue weighted by Crippen LogP contribution is 2.18. The van der Waals surface area contributed by atoms with Crippen LogP contribution in [0.15, 0.2) is 53.6 Å². The lowest BCUT2D eigenvalue weighted by Crippen LogP contribution is -2.24. The van der Waals surface area contributed by atoms with Crippen LogP contribution in [-0.4, -0.2) is 20.6 Å². The van der Waals surface area contributed by atoms with Gasteiger partial charge < -0.3 is 9.84 Å². The highest BCUT2D eigenvalue weighted by Gasteiger charge is 2.08. The molecule has 1 heterocycles. The van der Waals surface area contributed by atoms with Gasteiger partial charge in [0.15, 0.2) is 0 Å². The van der Waals surface area contributed by atoms with Crippen molar-refractivity contribution in [2.75, 3.05) is 0 Å². The lowest BCUT2D eigenvalue weighted by atomic mass is 10.2. The van der Waals surface area contributed by atoms with Crippen molar-refractivity contribution >= 4 is 16.9 Å². The molecule has 0 saturated heterocycles. The molecule has 3 rings (SSSR count). The molecular formula is C17H13FN2O4. The molecule has 122 valence electrons. The van der Waals surface area contributed by atoms with Gasteiger partial charge >= 0.3 is 5.97 Å². The topological polar surface area (TPSA) is 81.4 Å². The molecular weight excluding hydrogens is 315 g/mol. The third-order valence-corrected chi connectivity index (χ3v) is 3.42. The summed E-state index contributed by atoms with van der Waals surface area (Å²) in [6.07, 6.45) is 1.20. The van der Waals surface area contributed by atoms with E-state index >= 15 is 0 Å². The number of fused-ring (bicyclic) bond motifs is 1. The fourth-order valence-corrected chi connectivity index (χ4v) is 2.23. The van der Waals surface area contributed by atoms with E-state index in [1.54, 1.807) is 30.3 Å². The zero-order valence-electron chi connectivity index (χ0n) is 12.5. The van der Waals surface area contributed by atoms with Crippen LogP contribution in [0.25, 0.3) is 10.9 Å². The van der Waals surface area contributed by atoms with E-state index in [1.807, 2.05) is 0 Å². The van der Waals surface area contributed by atoms with Gasteiger partial charge in [-0.25, -0.2) is 9.37 Å². The molecule has 0 fully saturated rings. The molecule has 3 aromatic rings. The van der Waals surface area contributed by atoms with Gasteiger partial charge in [0.1, 0.15) is 24.7 Å². The van der Waals surface area contributed by atoms with Gasteiger partial charge in [-0.15, -0.1) is 0 Å². The standard InChI is InChI=1S/C17H13FN2O4/c18-12-3-1-11(2-4-12)9-24-13-5-6-14-15(7-13)19-10-20(17(14)23)8-16(21)22/h1-7,10H,8-9H2,(H,21,22). The number of rotatable bonds is 5. The van der Waals surface area contributed by atoms with Gasteiger partial charge in [0, 0.05) is 6.07 Å². The van der Waals surface area contributed by atoms with Crippen molar-refractivity contribution in [1.29, 1.82) is 0 Å². The van der Waals surface area contributed by atoms with E-state index < -0.39 is 18.1 Å². The summed E-state index contributed by atoms with van der Waals surface area (Å²) in [6.45, 7) is -0.188.